The molecule has 0 aromatic heterocycles. The molecule has 0 spiro atoms. The predicted molar refractivity (Wildman–Crippen MR) is 64.7 cm³/mol. The van der Waals surface area contributed by atoms with Crippen molar-refractivity contribution in [2.24, 2.45) is 0 Å². The van der Waals surface area contributed by atoms with Crippen LogP contribution in [0.25, 0.3) is 0 Å². The largest absolute Gasteiger partial charge is 0.469 e. The van der Waals surface area contributed by atoms with Crippen molar-refractivity contribution in [2.75, 3.05) is 31.8 Å². The first-order valence-electron chi connectivity index (χ1n) is 5.30. The molecule has 1 unspecified atom stereocenters. The van der Waals surface area contributed by atoms with Crippen LogP contribution in [0.1, 0.15) is 12.8 Å². The number of nitrogens with one attached hydrogen (secondary N) is 1. The van der Waals surface area contributed by atoms with E-state index in [9.17, 15) is 9.59 Å². The fourth-order valence-electron chi connectivity index (χ4n) is 0.954. The minimum absolute atomic E-state index is 0.148. The number of hydrogen-bond donors (Lipinski definition) is 3. The molecule has 0 aliphatic carbocycles. The number of rotatable bonds is 9. The number of aliphatic hydroxyl groups excluding tert-OH is 2. The molecular weight excluding hydrogens is 246 g/mol. The van der Waals surface area contributed by atoms with Crippen molar-refractivity contribution in [2.45, 2.75) is 18.9 Å². The summed E-state index contributed by atoms with van der Waals surface area (Å²) < 4.78 is 4.45. The molecule has 17 heavy (non-hydrogen) atoms. The Labute approximate surface area is 105 Å². The summed E-state index contributed by atoms with van der Waals surface area (Å²) in [4.78, 5) is 22.0. The van der Waals surface area contributed by atoms with Crippen LogP contribution in [0.4, 0.5) is 0 Å². The van der Waals surface area contributed by atoms with E-state index in [0.717, 1.165) is 0 Å². The fraction of sp³-hybridized carbons (Fsp3) is 0.800. The molecule has 0 rings (SSSR count). The summed E-state index contributed by atoms with van der Waals surface area (Å²) in [5.74, 6) is 0.117. The van der Waals surface area contributed by atoms with E-state index in [4.69, 9.17) is 10.2 Å². The molecule has 0 aliphatic rings. The molecule has 100 valence electrons. The number of esters is 1. The van der Waals surface area contributed by atoms with Crippen molar-refractivity contribution < 1.29 is 24.5 Å². The smallest absolute Gasteiger partial charge is 0.305 e. The third-order valence-electron chi connectivity index (χ3n) is 1.86. The van der Waals surface area contributed by atoms with Gasteiger partial charge < -0.3 is 20.3 Å². The van der Waals surface area contributed by atoms with Gasteiger partial charge in [-0.05, 0) is 6.42 Å². The third-order valence-corrected chi connectivity index (χ3v) is 2.95. The van der Waals surface area contributed by atoms with Crippen LogP contribution in [0.5, 0.6) is 0 Å². The van der Waals surface area contributed by atoms with Crippen molar-refractivity contribution in [3.63, 3.8) is 0 Å². The average Bonchev–Trinajstić information content (AvgIpc) is 2.33. The van der Waals surface area contributed by atoms with E-state index in [1.165, 1.54) is 18.9 Å². The van der Waals surface area contributed by atoms with Crippen LogP contribution in [-0.2, 0) is 14.3 Å². The van der Waals surface area contributed by atoms with E-state index in [-0.39, 0.29) is 30.7 Å². The molecule has 0 aliphatic heterocycles. The summed E-state index contributed by atoms with van der Waals surface area (Å²) in [6.45, 7) is 0.130. The van der Waals surface area contributed by atoms with Gasteiger partial charge in [0.05, 0.1) is 25.6 Å². The molecule has 6 nitrogen and oxygen atoms in total. The highest BCUT2D eigenvalue weighted by Crippen LogP contribution is 2.02. The van der Waals surface area contributed by atoms with Crippen molar-refractivity contribution in [1.82, 2.24) is 5.32 Å². The van der Waals surface area contributed by atoms with E-state index < -0.39 is 6.10 Å². The number of thioether (sulfide) groups is 1. The second-order valence-corrected chi connectivity index (χ2v) is 4.41. The van der Waals surface area contributed by atoms with Crippen molar-refractivity contribution >= 4 is 23.6 Å². The molecule has 0 aromatic rings. The van der Waals surface area contributed by atoms with Crippen molar-refractivity contribution in [1.29, 1.82) is 0 Å². The number of aliphatic hydroxyl groups is 2. The number of amides is 1. The highest BCUT2D eigenvalue weighted by molar-refractivity contribution is 7.99. The van der Waals surface area contributed by atoms with Gasteiger partial charge in [-0.15, -0.1) is 11.8 Å². The summed E-state index contributed by atoms with van der Waals surface area (Å²) in [5, 5.41) is 20.2. The molecule has 3 N–H and O–H groups in total. The fourth-order valence-corrected chi connectivity index (χ4v) is 1.74. The van der Waals surface area contributed by atoms with Gasteiger partial charge >= 0.3 is 5.97 Å². The SMILES string of the molecule is COC(=O)CCCNC(=O)CSCC(O)CO. The Balaban J connectivity index is 3.38. The Morgan fingerprint density at radius 3 is 2.76 bits per heavy atom. The molecule has 1 atom stereocenters. The van der Waals surface area contributed by atoms with Gasteiger partial charge in [0.1, 0.15) is 0 Å². The Morgan fingerprint density at radius 2 is 2.18 bits per heavy atom. The van der Waals surface area contributed by atoms with Gasteiger partial charge in [0.2, 0.25) is 5.91 Å². The lowest BCUT2D eigenvalue weighted by molar-refractivity contribution is -0.140. The van der Waals surface area contributed by atoms with Crippen LogP contribution < -0.4 is 5.32 Å². The molecule has 1 amide bonds. The number of ether oxygens (including phenoxy) is 1. The van der Waals surface area contributed by atoms with E-state index in [1.54, 1.807) is 0 Å². The summed E-state index contributed by atoms with van der Waals surface area (Å²) >= 11 is 1.25. The van der Waals surface area contributed by atoms with Crippen LogP contribution in [-0.4, -0.2) is 60.0 Å². The lowest BCUT2D eigenvalue weighted by Crippen LogP contribution is -2.27. The lowest BCUT2D eigenvalue weighted by atomic mass is 10.3. The topological polar surface area (TPSA) is 95.9 Å². The molecule has 0 saturated heterocycles. The molecule has 7 heteroatoms. The number of hydrogen-bond acceptors (Lipinski definition) is 6. The van der Waals surface area contributed by atoms with E-state index in [0.29, 0.717) is 18.7 Å². The van der Waals surface area contributed by atoms with Crippen molar-refractivity contribution in [3.05, 3.63) is 0 Å². The maximum absolute atomic E-state index is 11.2. The zero-order valence-corrected chi connectivity index (χ0v) is 10.7. The molecular formula is C10H19NO5S. The molecule has 0 fully saturated rings. The Hall–Kier alpha value is -0.790. The van der Waals surface area contributed by atoms with Gasteiger partial charge in [-0.1, -0.05) is 0 Å². The Kier molecular flexibility index (Phi) is 9.89. The molecule has 0 heterocycles. The number of carbonyl (C=O) groups excluding carboxylic acids is 2. The van der Waals surface area contributed by atoms with Crippen LogP contribution in [0.15, 0.2) is 0 Å². The quantitative estimate of drug-likeness (QED) is 0.371. The minimum atomic E-state index is -0.785. The summed E-state index contributed by atoms with van der Waals surface area (Å²) in [7, 11) is 1.32. The third kappa shape index (κ3) is 10.1. The van der Waals surface area contributed by atoms with Gasteiger partial charge in [-0.2, -0.15) is 0 Å². The van der Waals surface area contributed by atoms with Gasteiger partial charge in [0.25, 0.3) is 0 Å². The summed E-state index contributed by atoms with van der Waals surface area (Å²) in [5.41, 5.74) is 0. The monoisotopic (exact) mass is 265 g/mol. The average molecular weight is 265 g/mol. The lowest BCUT2D eigenvalue weighted by Gasteiger charge is -2.07. The van der Waals surface area contributed by atoms with Crippen LogP contribution >= 0.6 is 11.8 Å². The molecule has 0 bridgehead atoms. The molecule has 0 saturated carbocycles. The van der Waals surface area contributed by atoms with Gasteiger partial charge in [-0.3, -0.25) is 9.59 Å². The zero-order chi connectivity index (χ0) is 13.1. The zero-order valence-electron chi connectivity index (χ0n) is 9.85. The highest BCUT2D eigenvalue weighted by atomic mass is 32.2. The number of methoxy groups -OCH3 is 1. The van der Waals surface area contributed by atoms with Crippen LogP contribution in [0.3, 0.4) is 0 Å². The van der Waals surface area contributed by atoms with Crippen LogP contribution in [0, 0.1) is 0 Å². The second-order valence-electron chi connectivity index (χ2n) is 3.38. The first-order chi connectivity index (χ1) is 8.10. The van der Waals surface area contributed by atoms with Gasteiger partial charge in [0, 0.05) is 18.7 Å². The van der Waals surface area contributed by atoms with Crippen LogP contribution in [0.2, 0.25) is 0 Å². The first-order valence-corrected chi connectivity index (χ1v) is 6.45. The van der Waals surface area contributed by atoms with Gasteiger partial charge in [-0.25, -0.2) is 0 Å². The van der Waals surface area contributed by atoms with E-state index in [2.05, 4.69) is 10.1 Å². The van der Waals surface area contributed by atoms with Gasteiger partial charge in [0.15, 0.2) is 0 Å². The van der Waals surface area contributed by atoms with E-state index >= 15 is 0 Å². The standard InChI is InChI=1S/C10H19NO5S/c1-16-10(15)3-2-4-11-9(14)7-17-6-8(13)5-12/h8,12-13H,2-7H2,1H3,(H,11,14). The second kappa shape index (κ2) is 10.4. The maximum Gasteiger partial charge on any atom is 0.305 e. The maximum atomic E-state index is 11.2. The summed E-state index contributed by atoms with van der Waals surface area (Å²) in [6.07, 6.45) is 0.0438. The Morgan fingerprint density at radius 1 is 1.47 bits per heavy atom. The summed E-state index contributed by atoms with van der Waals surface area (Å²) in [6, 6.07) is 0. The minimum Gasteiger partial charge on any atom is -0.469 e. The molecule has 0 radical (unpaired) electrons. The van der Waals surface area contributed by atoms with E-state index in [1.807, 2.05) is 0 Å². The Bertz CT molecular complexity index is 237. The first kappa shape index (κ1) is 16.2. The highest BCUT2D eigenvalue weighted by Gasteiger charge is 2.06. The number of carbonyl (C=O) groups is 2. The molecule has 0 aromatic carbocycles. The predicted octanol–water partition coefficient (Wildman–Crippen LogP) is -0.858. The van der Waals surface area contributed by atoms with Crippen molar-refractivity contribution in [3.8, 4) is 0 Å². The normalized spacial score (nSPS) is 11.9.